The highest BCUT2D eigenvalue weighted by atomic mass is 16.7. The molecule has 4 saturated carbocycles. The number of rotatable bonds is 22. The van der Waals surface area contributed by atoms with E-state index in [0.29, 0.717) is 41.9 Å². The number of methoxy groups -OCH3 is 1. The number of aliphatic carboxylic acids is 1. The van der Waals surface area contributed by atoms with E-state index in [9.17, 15) is 24.9 Å². The molecule has 0 aromatic rings. The van der Waals surface area contributed by atoms with Gasteiger partial charge in [0.2, 0.25) is 0 Å². The number of esters is 1. The van der Waals surface area contributed by atoms with Crippen LogP contribution >= 0.6 is 0 Å². The molecular weight excluding hydrogens is 793 g/mol. The van der Waals surface area contributed by atoms with E-state index in [1.165, 1.54) is 44.9 Å². The predicted molar refractivity (Wildman–Crippen MR) is 250 cm³/mol. The van der Waals surface area contributed by atoms with Gasteiger partial charge in [-0.05, 0) is 138 Å². The standard InChI is InChI=1S/C29H44O5.C25H38O4/c1-21(10-9-11-23-15-16-23)27(34-29-14-7-8-19-33-29)18-17-24-22(2)20-26(30)25(24)12-5-3-4-6-13-28(31)32;1-18(9-8-10-20-13-14-20)23(26)16-15-22-21(19(2)17-24(22)27)11-6-4-5-7-12-25(28)29-3/h6,13,17-18,21-27,29-30H,3-5,7-8,10,12,14-16,19-20H2,1-2H3,(H,31,32);7,12,15-16,18-24,26-27H,4-6,9,11,13-14,17H2,1-3H3/b13-6+,18-17+;12-7+,16-15+/t21-,22+,24-,25+,26-,27+,29?;18-,19-,21-,22+,23+,24+/m00/s1. The minimum absolute atomic E-state index is 0.0386. The minimum Gasteiger partial charge on any atom is -0.478 e. The summed E-state index contributed by atoms with van der Waals surface area (Å²) < 4.78 is 16.9. The average molecular weight is 875 g/mol. The Morgan fingerprint density at radius 3 is 1.95 bits per heavy atom. The number of carbonyl (C=O) groups excluding carboxylic acids is 1. The van der Waals surface area contributed by atoms with E-state index in [2.05, 4.69) is 61.3 Å². The molecule has 9 nitrogen and oxygen atoms in total. The van der Waals surface area contributed by atoms with Crippen molar-refractivity contribution in [3.8, 4) is 23.7 Å². The summed E-state index contributed by atoms with van der Waals surface area (Å²) in [5, 5.41) is 40.4. The van der Waals surface area contributed by atoms with E-state index in [4.69, 9.17) is 14.6 Å². The summed E-state index contributed by atoms with van der Waals surface area (Å²) in [4.78, 5) is 21.7. The molecule has 9 heteroatoms. The summed E-state index contributed by atoms with van der Waals surface area (Å²) in [5.41, 5.74) is 0. The maximum Gasteiger partial charge on any atom is 0.330 e. The predicted octanol–water partition coefficient (Wildman–Crippen LogP) is 9.99. The molecule has 13 atom stereocenters. The van der Waals surface area contributed by atoms with Crippen molar-refractivity contribution in [3.63, 3.8) is 0 Å². The molecule has 0 spiro atoms. The van der Waals surface area contributed by atoms with Crippen LogP contribution in [0.2, 0.25) is 0 Å². The number of aliphatic hydroxyl groups excluding tert-OH is 3. The maximum absolute atomic E-state index is 11.1. The third kappa shape index (κ3) is 20.3. The van der Waals surface area contributed by atoms with Crippen LogP contribution in [0.3, 0.4) is 0 Å². The molecule has 352 valence electrons. The maximum atomic E-state index is 11.1. The smallest absolute Gasteiger partial charge is 0.330 e. The van der Waals surface area contributed by atoms with Gasteiger partial charge in [-0.1, -0.05) is 88.8 Å². The van der Waals surface area contributed by atoms with Crippen molar-refractivity contribution in [1.82, 2.24) is 0 Å². The van der Waals surface area contributed by atoms with Crippen molar-refractivity contribution in [2.45, 2.75) is 180 Å². The molecule has 4 N–H and O–H groups in total. The minimum atomic E-state index is -0.895. The molecule has 0 radical (unpaired) electrons. The number of ether oxygens (including phenoxy) is 3. The topological polar surface area (TPSA) is 143 Å². The molecule has 0 bridgehead atoms. The highest BCUT2D eigenvalue weighted by molar-refractivity contribution is 5.81. The van der Waals surface area contributed by atoms with Crippen LogP contribution < -0.4 is 0 Å². The lowest BCUT2D eigenvalue weighted by Crippen LogP contribution is -2.30. The Kier molecular flexibility index (Phi) is 23.9. The Bertz CT molecular complexity index is 1600. The Balaban J connectivity index is 0.000000280. The van der Waals surface area contributed by atoms with Gasteiger partial charge in [0, 0.05) is 49.4 Å². The molecule has 4 aliphatic carbocycles. The van der Waals surface area contributed by atoms with Gasteiger partial charge in [-0.15, -0.1) is 11.8 Å². The number of allylic oxidation sites excluding steroid dienone is 3. The van der Waals surface area contributed by atoms with Crippen molar-refractivity contribution in [2.24, 2.45) is 59.2 Å². The second-order valence-electron chi connectivity index (χ2n) is 19.5. The molecule has 1 aliphatic heterocycles. The largest absolute Gasteiger partial charge is 0.478 e. The molecule has 0 aromatic heterocycles. The van der Waals surface area contributed by atoms with Crippen molar-refractivity contribution in [1.29, 1.82) is 0 Å². The molecule has 1 heterocycles. The second-order valence-corrected chi connectivity index (χ2v) is 19.5. The van der Waals surface area contributed by atoms with E-state index in [-0.39, 0.29) is 54.2 Å². The van der Waals surface area contributed by atoms with Crippen LogP contribution in [0.4, 0.5) is 0 Å². The van der Waals surface area contributed by atoms with Crippen molar-refractivity contribution >= 4 is 11.9 Å². The molecule has 5 fully saturated rings. The van der Waals surface area contributed by atoms with E-state index in [0.717, 1.165) is 96.5 Å². The normalized spacial score (nSPS) is 30.3. The van der Waals surface area contributed by atoms with Crippen molar-refractivity contribution < 1.29 is 44.2 Å². The number of unbranched alkanes of at least 4 members (excludes halogenated alkanes) is 4. The van der Waals surface area contributed by atoms with Crippen LogP contribution in [0.15, 0.2) is 48.6 Å². The summed E-state index contributed by atoms with van der Waals surface area (Å²) >= 11 is 0. The van der Waals surface area contributed by atoms with Crippen LogP contribution in [-0.4, -0.2) is 76.8 Å². The Labute approximate surface area is 380 Å². The first-order chi connectivity index (χ1) is 30.4. The Morgan fingerprint density at radius 2 is 1.35 bits per heavy atom. The van der Waals surface area contributed by atoms with Crippen LogP contribution in [-0.2, 0) is 23.8 Å². The Morgan fingerprint density at radius 1 is 0.746 bits per heavy atom. The van der Waals surface area contributed by atoms with Crippen LogP contribution in [0.1, 0.15) is 150 Å². The molecular formula is C54H82O9. The van der Waals surface area contributed by atoms with Gasteiger partial charge in [-0.25, -0.2) is 9.59 Å². The Hall–Kier alpha value is -3.18. The fourth-order valence-electron chi connectivity index (χ4n) is 9.40. The van der Waals surface area contributed by atoms with E-state index >= 15 is 0 Å². The number of carboxylic acid groups (broad SMARTS) is 1. The first kappa shape index (κ1) is 52.4. The lowest BCUT2D eigenvalue weighted by atomic mass is 9.84. The zero-order chi connectivity index (χ0) is 45.6. The molecule has 63 heavy (non-hydrogen) atoms. The summed E-state index contributed by atoms with van der Waals surface area (Å²) in [6.45, 7) is 9.47. The van der Waals surface area contributed by atoms with Crippen LogP contribution in [0, 0.1) is 82.9 Å². The third-order valence-corrected chi connectivity index (χ3v) is 13.8. The number of hydrogen-bond donors (Lipinski definition) is 4. The van der Waals surface area contributed by atoms with Gasteiger partial charge in [-0.3, -0.25) is 0 Å². The highest BCUT2D eigenvalue weighted by Gasteiger charge is 2.39. The van der Waals surface area contributed by atoms with Gasteiger partial charge >= 0.3 is 11.9 Å². The van der Waals surface area contributed by atoms with Gasteiger partial charge in [0.15, 0.2) is 6.29 Å². The summed E-state index contributed by atoms with van der Waals surface area (Å²) in [6, 6.07) is 0. The lowest BCUT2D eigenvalue weighted by molar-refractivity contribution is -0.186. The molecule has 5 aliphatic rings. The lowest BCUT2D eigenvalue weighted by Gasteiger charge is -2.29. The van der Waals surface area contributed by atoms with E-state index < -0.39 is 12.1 Å². The fourth-order valence-corrected chi connectivity index (χ4v) is 9.40. The van der Waals surface area contributed by atoms with Gasteiger partial charge in [0.1, 0.15) is 0 Å². The van der Waals surface area contributed by atoms with Gasteiger partial charge in [0.25, 0.3) is 0 Å². The highest BCUT2D eigenvalue weighted by Crippen LogP contribution is 2.42. The van der Waals surface area contributed by atoms with Crippen molar-refractivity contribution in [3.05, 3.63) is 48.6 Å². The van der Waals surface area contributed by atoms with Crippen LogP contribution in [0.25, 0.3) is 0 Å². The fraction of sp³-hybridized carbons (Fsp3) is 0.741. The SMILES string of the molecule is COC(=O)/C=C/CCCC[C@@H]1[C@@H](/C=C/[C@@H](O)[C@@H](C)CC#CC2CC2)[C@H](O)C[C@@H]1C.C[C@@H]1C[C@H](O)[C@H](CCCC/C=C/C(=O)O)[C@H]1/C=C/[C@@H](OC1CCCCO1)[C@@H](C)CC#CC1CC1. The number of aliphatic hydroxyl groups is 3. The summed E-state index contributed by atoms with van der Waals surface area (Å²) in [7, 11) is 1.38. The van der Waals surface area contributed by atoms with Gasteiger partial charge < -0.3 is 34.6 Å². The number of carbonyl (C=O) groups is 2. The second kappa shape index (κ2) is 28.7. The first-order valence-electron chi connectivity index (χ1n) is 24.6. The average Bonchev–Trinajstić information content (AvgIpc) is 4.20. The monoisotopic (exact) mass is 875 g/mol. The summed E-state index contributed by atoms with van der Waals surface area (Å²) in [5.74, 6) is 15.6. The van der Waals surface area contributed by atoms with Gasteiger partial charge in [-0.2, -0.15) is 0 Å². The number of carboxylic acids is 1. The quantitative estimate of drug-likeness (QED) is 0.0275. The van der Waals surface area contributed by atoms with E-state index in [1.807, 2.05) is 25.2 Å². The molecule has 0 amide bonds. The van der Waals surface area contributed by atoms with E-state index in [1.54, 1.807) is 6.08 Å². The first-order valence-corrected chi connectivity index (χ1v) is 24.6. The van der Waals surface area contributed by atoms with Gasteiger partial charge in [0.05, 0.1) is 31.5 Å². The molecule has 1 saturated heterocycles. The number of hydrogen-bond acceptors (Lipinski definition) is 8. The zero-order valence-electron chi connectivity index (χ0n) is 39.3. The van der Waals surface area contributed by atoms with Crippen LogP contribution in [0.5, 0.6) is 0 Å². The third-order valence-electron chi connectivity index (χ3n) is 13.8. The zero-order valence-corrected chi connectivity index (χ0v) is 39.3. The van der Waals surface area contributed by atoms with Crippen molar-refractivity contribution in [2.75, 3.05) is 13.7 Å². The molecule has 5 rings (SSSR count). The summed E-state index contributed by atoms with van der Waals surface area (Å²) in [6.07, 6.45) is 32.4. The molecule has 1 unspecified atom stereocenters. The molecule has 0 aromatic carbocycles.